The maximum absolute atomic E-state index is 10.3. The zero-order valence-electron chi connectivity index (χ0n) is 10.4. The van der Waals surface area contributed by atoms with Crippen molar-refractivity contribution in [2.45, 2.75) is 45.1 Å². The van der Waals surface area contributed by atoms with Crippen molar-refractivity contribution in [3.8, 4) is 0 Å². The standard InChI is InChI=1S/C13H23NO2/c1-3-11-6-8-12(9-7-11)14(2)10-4-5-13(15)16/h4-5,11-12H,3,6-10H2,1-2H3,(H,15,16)/b5-4+. The average molecular weight is 225 g/mol. The molecule has 1 aliphatic carbocycles. The van der Waals surface area contributed by atoms with E-state index < -0.39 is 5.97 Å². The van der Waals surface area contributed by atoms with Gasteiger partial charge in [0.15, 0.2) is 0 Å². The second-order valence-electron chi connectivity index (χ2n) is 4.76. The third-order valence-corrected chi connectivity index (χ3v) is 3.67. The number of hydrogen-bond acceptors (Lipinski definition) is 2. The SMILES string of the molecule is CCC1CCC(N(C)C/C=C/C(=O)O)CC1. The largest absolute Gasteiger partial charge is 0.478 e. The van der Waals surface area contributed by atoms with E-state index in [-0.39, 0.29) is 0 Å². The molecule has 1 saturated carbocycles. The third-order valence-electron chi connectivity index (χ3n) is 3.67. The minimum atomic E-state index is -0.858. The lowest BCUT2D eigenvalue weighted by molar-refractivity contribution is -0.131. The summed E-state index contributed by atoms with van der Waals surface area (Å²) in [4.78, 5) is 12.6. The lowest BCUT2D eigenvalue weighted by Crippen LogP contribution is -2.35. The van der Waals surface area contributed by atoms with Crippen LogP contribution in [0, 0.1) is 5.92 Å². The zero-order valence-corrected chi connectivity index (χ0v) is 10.4. The maximum atomic E-state index is 10.3. The smallest absolute Gasteiger partial charge is 0.328 e. The summed E-state index contributed by atoms with van der Waals surface area (Å²) in [6.07, 6.45) is 9.44. The van der Waals surface area contributed by atoms with Gasteiger partial charge < -0.3 is 5.11 Å². The Bertz CT molecular complexity index is 242. The summed E-state index contributed by atoms with van der Waals surface area (Å²) in [7, 11) is 2.09. The van der Waals surface area contributed by atoms with Gasteiger partial charge in [-0.2, -0.15) is 0 Å². The molecule has 1 fully saturated rings. The lowest BCUT2D eigenvalue weighted by Gasteiger charge is -2.33. The first-order valence-electron chi connectivity index (χ1n) is 6.23. The van der Waals surface area contributed by atoms with Gasteiger partial charge in [-0.15, -0.1) is 0 Å². The highest BCUT2D eigenvalue weighted by atomic mass is 16.4. The fourth-order valence-corrected chi connectivity index (χ4v) is 2.46. The highest BCUT2D eigenvalue weighted by molar-refractivity contribution is 5.79. The molecule has 16 heavy (non-hydrogen) atoms. The Morgan fingerprint density at radius 1 is 1.38 bits per heavy atom. The summed E-state index contributed by atoms with van der Waals surface area (Å²) < 4.78 is 0. The van der Waals surface area contributed by atoms with Crippen molar-refractivity contribution in [3.63, 3.8) is 0 Å². The van der Waals surface area contributed by atoms with Crippen LogP contribution < -0.4 is 0 Å². The van der Waals surface area contributed by atoms with Crippen LogP contribution in [0.1, 0.15) is 39.0 Å². The van der Waals surface area contributed by atoms with E-state index in [4.69, 9.17) is 5.11 Å². The molecule has 1 N–H and O–H groups in total. The third kappa shape index (κ3) is 4.35. The van der Waals surface area contributed by atoms with E-state index in [0.717, 1.165) is 12.5 Å². The number of rotatable bonds is 5. The van der Waals surface area contributed by atoms with Gasteiger partial charge in [0, 0.05) is 18.7 Å². The summed E-state index contributed by atoms with van der Waals surface area (Å²) in [6.45, 7) is 3.01. The van der Waals surface area contributed by atoms with Crippen LogP contribution >= 0.6 is 0 Å². The zero-order chi connectivity index (χ0) is 12.0. The van der Waals surface area contributed by atoms with Crippen molar-refractivity contribution in [2.75, 3.05) is 13.6 Å². The molecule has 0 aromatic rings. The molecule has 0 bridgehead atoms. The highest BCUT2D eigenvalue weighted by Crippen LogP contribution is 2.28. The molecular formula is C13H23NO2. The Labute approximate surface area is 98.1 Å². The van der Waals surface area contributed by atoms with Crippen molar-refractivity contribution < 1.29 is 9.90 Å². The molecule has 0 aromatic carbocycles. The minimum absolute atomic E-state index is 0.640. The molecular weight excluding hydrogens is 202 g/mol. The molecule has 0 aliphatic heterocycles. The fraction of sp³-hybridized carbons (Fsp3) is 0.769. The average Bonchev–Trinajstić information content (AvgIpc) is 2.28. The maximum Gasteiger partial charge on any atom is 0.328 e. The molecule has 0 radical (unpaired) electrons. The summed E-state index contributed by atoms with van der Waals surface area (Å²) in [5, 5.41) is 8.50. The molecule has 92 valence electrons. The van der Waals surface area contributed by atoms with Crippen LogP contribution in [0.15, 0.2) is 12.2 Å². The number of carbonyl (C=O) groups is 1. The molecule has 0 saturated heterocycles. The van der Waals surface area contributed by atoms with Crippen LogP contribution in [0.2, 0.25) is 0 Å². The van der Waals surface area contributed by atoms with Crippen molar-refractivity contribution >= 4 is 5.97 Å². The molecule has 3 heteroatoms. The van der Waals surface area contributed by atoms with Crippen LogP contribution in [0.3, 0.4) is 0 Å². The molecule has 0 heterocycles. The fourth-order valence-electron chi connectivity index (χ4n) is 2.46. The molecule has 0 unspecified atom stereocenters. The van der Waals surface area contributed by atoms with Gasteiger partial charge >= 0.3 is 5.97 Å². The number of carboxylic acid groups (broad SMARTS) is 1. The van der Waals surface area contributed by atoms with E-state index in [0.29, 0.717) is 6.04 Å². The quantitative estimate of drug-likeness (QED) is 0.731. The summed E-state index contributed by atoms with van der Waals surface area (Å²) in [5.74, 6) is 0.0577. The van der Waals surface area contributed by atoms with Crippen molar-refractivity contribution in [1.82, 2.24) is 4.90 Å². The second kappa shape index (κ2) is 6.69. The van der Waals surface area contributed by atoms with E-state index in [9.17, 15) is 4.79 Å². The van der Waals surface area contributed by atoms with Gasteiger partial charge in [-0.05, 0) is 38.6 Å². The Hall–Kier alpha value is -0.830. The van der Waals surface area contributed by atoms with Crippen molar-refractivity contribution in [3.05, 3.63) is 12.2 Å². The molecule has 1 aliphatic rings. The predicted octanol–water partition coefficient (Wildman–Crippen LogP) is 2.53. The number of aliphatic carboxylic acids is 1. The number of nitrogens with zero attached hydrogens (tertiary/aromatic N) is 1. The molecule has 0 atom stereocenters. The van der Waals surface area contributed by atoms with Crippen LogP contribution in [-0.4, -0.2) is 35.6 Å². The van der Waals surface area contributed by atoms with Gasteiger partial charge in [0.2, 0.25) is 0 Å². The summed E-state index contributed by atoms with van der Waals surface area (Å²) in [5.41, 5.74) is 0. The topological polar surface area (TPSA) is 40.5 Å². The van der Waals surface area contributed by atoms with Crippen LogP contribution in [0.25, 0.3) is 0 Å². The first kappa shape index (κ1) is 13.2. The van der Waals surface area contributed by atoms with Gasteiger partial charge in [-0.25, -0.2) is 4.79 Å². The number of carboxylic acids is 1. The van der Waals surface area contributed by atoms with E-state index in [2.05, 4.69) is 18.9 Å². The molecule has 0 spiro atoms. The Morgan fingerprint density at radius 2 is 2.00 bits per heavy atom. The van der Waals surface area contributed by atoms with E-state index >= 15 is 0 Å². The predicted molar refractivity (Wildman–Crippen MR) is 65.4 cm³/mol. The van der Waals surface area contributed by atoms with Crippen molar-refractivity contribution in [1.29, 1.82) is 0 Å². The molecule has 0 amide bonds. The summed E-state index contributed by atoms with van der Waals surface area (Å²) in [6, 6.07) is 0.640. The Kier molecular flexibility index (Phi) is 5.53. The first-order chi connectivity index (χ1) is 7.63. The van der Waals surface area contributed by atoms with E-state index in [1.54, 1.807) is 6.08 Å². The van der Waals surface area contributed by atoms with Crippen molar-refractivity contribution in [2.24, 2.45) is 5.92 Å². The first-order valence-corrected chi connectivity index (χ1v) is 6.23. The summed E-state index contributed by atoms with van der Waals surface area (Å²) >= 11 is 0. The number of hydrogen-bond donors (Lipinski definition) is 1. The Morgan fingerprint density at radius 3 is 2.50 bits per heavy atom. The highest BCUT2D eigenvalue weighted by Gasteiger charge is 2.22. The van der Waals surface area contributed by atoms with Crippen LogP contribution in [0.4, 0.5) is 0 Å². The van der Waals surface area contributed by atoms with Gasteiger partial charge in [0.25, 0.3) is 0 Å². The van der Waals surface area contributed by atoms with Crippen LogP contribution in [0.5, 0.6) is 0 Å². The number of likely N-dealkylation sites (N-methyl/N-ethyl adjacent to an activating group) is 1. The molecule has 0 aromatic heterocycles. The van der Waals surface area contributed by atoms with Gasteiger partial charge in [-0.3, -0.25) is 4.90 Å². The van der Waals surface area contributed by atoms with Crippen LogP contribution in [-0.2, 0) is 4.79 Å². The Balaban J connectivity index is 2.27. The van der Waals surface area contributed by atoms with E-state index in [1.807, 2.05) is 0 Å². The monoisotopic (exact) mass is 225 g/mol. The second-order valence-corrected chi connectivity index (χ2v) is 4.76. The molecule has 1 rings (SSSR count). The molecule has 3 nitrogen and oxygen atoms in total. The normalized spacial score (nSPS) is 26.4. The minimum Gasteiger partial charge on any atom is -0.478 e. The lowest BCUT2D eigenvalue weighted by atomic mass is 9.84. The van der Waals surface area contributed by atoms with Gasteiger partial charge in [0.05, 0.1) is 0 Å². The van der Waals surface area contributed by atoms with Gasteiger partial charge in [0.1, 0.15) is 0 Å². The van der Waals surface area contributed by atoms with E-state index in [1.165, 1.54) is 38.2 Å². The van der Waals surface area contributed by atoms with Gasteiger partial charge in [-0.1, -0.05) is 19.4 Å².